The van der Waals surface area contributed by atoms with Crippen molar-refractivity contribution >= 4 is 27.5 Å². The lowest BCUT2D eigenvalue weighted by Crippen LogP contribution is -2.41. The third-order valence-corrected chi connectivity index (χ3v) is 5.96. The number of thiazole rings is 1. The molecular weight excluding hydrogens is 360 g/mol. The molecule has 5 nitrogen and oxygen atoms in total. The molecule has 0 radical (unpaired) electrons. The second kappa shape index (κ2) is 7.96. The molecule has 27 heavy (non-hydrogen) atoms. The maximum atomic E-state index is 12.9. The lowest BCUT2D eigenvalue weighted by Gasteiger charge is -2.34. The number of hydrogen-bond acceptors (Lipinski definition) is 5. The van der Waals surface area contributed by atoms with Crippen LogP contribution in [0.2, 0.25) is 0 Å². The van der Waals surface area contributed by atoms with Crippen LogP contribution in [0.1, 0.15) is 30.3 Å². The average molecular weight is 382 g/mol. The topological polar surface area (TPSA) is 51.7 Å². The van der Waals surface area contributed by atoms with Gasteiger partial charge in [0.2, 0.25) is 0 Å². The molecule has 4 rings (SSSR count). The number of fused-ring (bicyclic) bond motifs is 1. The van der Waals surface area contributed by atoms with Crippen LogP contribution in [0.25, 0.3) is 10.2 Å². The van der Waals surface area contributed by atoms with Gasteiger partial charge < -0.3 is 14.4 Å². The molecule has 1 amide bonds. The maximum absolute atomic E-state index is 12.9. The third kappa shape index (κ3) is 3.90. The summed E-state index contributed by atoms with van der Waals surface area (Å²) in [4.78, 5) is 19.6. The molecule has 1 saturated heterocycles. The molecule has 1 unspecified atom stereocenters. The fourth-order valence-corrected chi connectivity index (χ4v) is 4.55. The van der Waals surface area contributed by atoms with Gasteiger partial charge in [-0.1, -0.05) is 18.2 Å². The van der Waals surface area contributed by atoms with E-state index in [1.165, 1.54) is 0 Å². The molecule has 1 atom stereocenters. The molecule has 0 saturated carbocycles. The molecule has 2 heterocycles. The van der Waals surface area contributed by atoms with Crippen molar-refractivity contribution in [1.82, 2.24) is 9.88 Å². The maximum Gasteiger partial charge on any atom is 0.261 e. The van der Waals surface area contributed by atoms with Gasteiger partial charge in [0.1, 0.15) is 16.5 Å². The lowest BCUT2D eigenvalue weighted by atomic mass is 10.0. The molecular formula is C21H22N2O3S. The highest BCUT2D eigenvalue weighted by atomic mass is 32.1. The van der Waals surface area contributed by atoms with Crippen LogP contribution in [-0.4, -0.2) is 36.1 Å². The highest BCUT2D eigenvalue weighted by molar-refractivity contribution is 7.18. The van der Waals surface area contributed by atoms with Crippen molar-refractivity contribution in [1.29, 1.82) is 0 Å². The molecule has 1 aromatic heterocycles. The van der Waals surface area contributed by atoms with Crippen molar-refractivity contribution in [3.63, 3.8) is 0 Å². The molecule has 0 spiro atoms. The van der Waals surface area contributed by atoms with E-state index in [4.69, 9.17) is 14.5 Å². The summed E-state index contributed by atoms with van der Waals surface area (Å²) >= 11 is 1.68. The zero-order chi connectivity index (χ0) is 18.6. The average Bonchev–Trinajstić information content (AvgIpc) is 3.16. The van der Waals surface area contributed by atoms with Crippen LogP contribution in [-0.2, 0) is 4.79 Å². The van der Waals surface area contributed by atoms with Crippen molar-refractivity contribution in [3.05, 3.63) is 53.5 Å². The Hall–Kier alpha value is -2.60. The second-order valence-electron chi connectivity index (χ2n) is 6.59. The van der Waals surface area contributed by atoms with E-state index in [0.29, 0.717) is 11.5 Å². The van der Waals surface area contributed by atoms with E-state index in [2.05, 4.69) is 6.07 Å². The van der Waals surface area contributed by atoms with Gasteiger partial charge in [-0.25, -0.2) is 4.98 Å². The van der Waals surface area contributed by atoms with Crippen molar-refractivity contribution in [2.24, 2.45) is 0 Å². The van der Waals surface area contributed by atoms with Crippen LogP contribution in [0.5, 0.6) is 11.5 Å². The molecule has 2 aromatic carbocycles. The second-order valence-corrected chi connectivity index (χ2v) is 7.65. The number of para-hydroxylation sites is 1. The van der Waals surface area contributed by atoms with Gasteiger partial charge in [0.25, 0.3) is 5.91 Å². The first-order chi connectivity index (χ1) is 13.2. The molecule has 6 heteroatoms. The van der Waals surface area contributed by atoms with Gasteiger partial charge in [-0.3, -0.25) is 4.79 Å². The summed E-state index contributed by atoms with van der Waals surface area (Å²) < 4.78 is 12.1. The number of ether oxygens (including phenoxy) is 2. The molecule has 1 fully saturated rings. The van der Waals surface area contributed by atoms with E-state index in [0.717, 1.165) is 41.0 Å². The van der Waals surface area contributed by atoms with E-state index in [-0.39, 0.29) is 18.6 Å². The van der Waals surface area contributed by atoms with Gasteiger partial charge in [-0.05, 0) is 43.5 Å². The zero-order valence-corrected chi connectivity index (χ0v) is 16.1. The number of hydrogen-bond donors (Lipinski definition) is 0. The number of carbonyl (C=O) groups excluding carboxylic acids is 1. The minimum absolute atomic E-state index is 0.00164. The van der Waals surface area contributed by atoms with Gasteiger partial charge in [0.15, 0.2) is 6.61 Å². The number of piperidine rings is 1. The number of amides is 1. The van der Waals surface area contributed by atoms with Crippen LogP contribution in [0.4, 0.5) is 0 Å². The summed E-state index contributed by atoms with van der Waals surface area (Å²) in [5, 5.41) is 1.02. The SMILES string of the molecule is COc1cccc(OCC(=O)N2CCCCC2c2nc3ccccc3s2)c1. The number of nitrogens with zero attached hydrogens (tertiary/aromatic N) is 2. The molecule has 3 aromatic rings. The molecule has 0 aliphatic carbocycles. The van der Waals surface area contributed by atoms with Crippen molar-refractivity contribution in [2.45, 2.75) is 25.3 Å². The number of aromatic nitrogens is 1. The van der Waals surface area contributed by atoms with E-state index < -0.39 is 0 Å². The number of methoxy groups -OCH3 is 1. The van der Waals surface area contributed by atoms with Gasteiger partial charge in [0, 0.05) is 12.6 Å². The Labute approximate surface area is 162 Å². The van der Waals surface area contributed by atoms with E-state index in [1.807, 2.05) is 41.3 Å². The predicted molar refractivity (Wildman–Crippen MR) is 106 cm³/mol. The zero-order valence-electron chi connectivity index (χ0n) is 15.3. The van der Waals surface area contributed by atoms with E-state index in [1.54, 1.807) is 24.5 Å². The fraction of sp³-hybridized carbons (Fsp3) is 0.333. The first kappa shape index (κ1) is 17.8. The summed E-state index contributed by atoms with van der Waals surface area (Å²) in [6.45, 7) is 0.773. The summed E-state index contributed by atoms with van der Waals surface area (Å²) in [6.07, 6.45) is 3.08. The Kier molecular flexibility index (Phi) is 5.25. The van der Waals surface area contributed by atoms with Gasteiger partial charge in [-0.15, -0.1) is 11.3 Å². The predicted octanol–water partition coefficient (Wildman–Crippen LogP) is 4.44. The van der Waals surface area contributed by atoms with Crippen LogP contribution in [0.15, 0.2) is 48.5 Å². The monoisotopic (exact) mass is 382 g/mol. The molecule has 0 N–H and O–H groups in total. The van der Waals surface area contributed by atoms with Gasteiger partial charge >= 0.3 is 0 Å². The van der Waals surface area contributed by atoms with Crippen LogP contribution < -0.4 is 9.47 Å². The fourth-order valence-electron chi connectivity index (χ4n) is 3.44. The number of rotatable bonds is 5. The molecule has 1 aliphatic rings. The minimum Gasteiger partial charge on any atom is -0.497 e. The summed E-state index contributed by atoms with van der Waals surface area (Å²) in [6, 6.07) is 15.5. The normalized spacial score (nSPS) is 17.1. The molecule has 1 aliphatic heterocycles. The van der Waals surface area contributed by atoms with Crippen molar-refractivity contribution in [3.8, 4) is 11.5 Å². The summed E-state index contributed by atoms with van der Waals surface area (Å²) in [5.41, 5.74) is 1.00. The largest absolute Gasteiger partial charge is 0.497 e. The Balaban J connectivity index is 1.48. The number of likely N-dealkylation sites (tertiary alicyclic amines) is 1. The molecule has 0 bridgehead atoms. The van der Waals surface area contributed by atoms with Crippen LogP contribution >= 0.6 is 11.3 Å². The number of carbonyl (C=O) groups is 1. The quantitative estimate of drug-likeness (QED) is 0.655. The van der Waals surface area contributed by atoms with E-state index in [9.17, 15) is 4.79 Å². The highest BCUT2D eigenvalue weighted by Crippen LogP contribution is 2.35. The number of benzene rings is 2. The van der Waals surface area contributed by atoms with Gasteiger partial charge in [-0.2, -0.15) is 0 Å². The standard InChI is InChI=1S/C21H22N2O3S/c1-25-15-7-6-8-16(13-15)26-14-20(24)23-12-5-4-10-18(23)21-22-17-9-2-3-11-19(17)27-21/h2-3,6-9,11,13,18H,4-5,10,12,14H2,1H3. The highest BCUT2D eigenvalue weighted by Gasteiger charge is 2.30. The van der Waals surface area contributed by atoms with Crippen LogP contribution in [0.3, 0.4) is 0 Å². The Morgan fingerprint density at radius 3 is 2.89 bits per heavy atom. The first-order valence-electron chi connectivity index (χ1n) is 9.16. The molecule has 140 valence electrons. The Bertz CT molecular complexity index is 907. The Morgan fingerprint density at radius 1 is 1.19 bits per heavy atom. The first-order valence-corrected chi connectivity index (χ1v) is 9.98. The summed E-state index contributed by atoms with van der Waals surface area (Å²) in [5.74, 6) is 1.35. The van der Waals surface area contributed by atoms with Crippen molar-refractivity contribution < 1.29 is 14.3 Å². The van der Waals surface area contributed by atoms with Crippen LogP contribution in [0, 0.1) is 0 Å². The van der Waals surface area contributed by atoms with Crippen molar-refractivity contribution in [2.75, 3.05) is 20.3 Å². The third-order valence-electron chi connectivity index (χ3n) is 4.82. The smallest absolute Gasteiger partial charge is 0.261 e. The minimum atomic E-state index is 0.00164. The lowest BCUT2D eigenvalue weighted by molar-refractivity contribution is -0.137. The van der Waals surface area contributed by atoms with E-state index >= 15 is 0 Å². The summed E-state index contributed by atoms with van der Waals surface area (Å²) in [7, 11) is 1.61. The van der Waals surface area contributed by atoms with Gasteiger partial charge in [0.05, 0.1) is 23.4 Å². The Morgan fingerprint density at radius 2 is 2.04 bits per heavy atom.